The summed E-state index contributed by atoms with van der Waals surface area (Å²) in [6, 6.07) is 5.46. The van der Waals surface area contributed by atoms with Gasteiger partial charge in [0.2, 0.25) is 5.91 Å². The Morgan fingerprint density at radius 1 is 1.48 bits per heavy atom. The molecule has 110 valence electrons. The third-order valence-electron chi connectivity index (χ3n) is 3.68. The van der Waals surface area contributed by atoms with Gasteiger partial charge in [-0.2, -0.15) is 0 Å². The normalized spacial score (nSPS) is 18.5. The van der Waals surface area contributed by atoms with Gasteiger partial charge in [-0.3, -0.25) is 9.59 Å². The topological polar surface area (TPSA) is 84.2 Å². The van der Waals surface area contributed by atoms with Crippen molar-refractivity contribution in [2.75, 3.05) is 12.3 Å². The molecule has 5 nitrogen and oxygen atoms in total. The minimum absolute atomic E-state index is 0.120. The number of nitrogen functional groups attached to an aromatic ring is 1. The van der Waals surface area contributed by atoms with Crippen LogP contribution in [0, 0.1) is 6.92 Å². The number of nitrogens with one attached hydrogen (secondary N) is 2. The maximum absolute atomic E-state index is 12.4. The van der Waals surface area contributed by atoms with Crippen molar-refractivity contribution < 1.29 is 9.59 Å². The minimum atomic E-state index is -0.461. The van der Waals surface area contributed by atoms with E-state index < -0.39 is 6.04 Å². The van der Waals surface area contributed by atoms with Crippen LogP contribution < -0.4 is 16.4 Å². The predicted octanol–water partition coefficient (Wildman–Crippen LogP) is 1.80. The Morgan fingerprint density at radius 2 is 2.29 bits per heavy atom. The second kappa shape index (κ2) is 5.37. The van der Waals surface area contributed by atoms with Gasteiger partial charge in [0.05, 0.1) is 5.69 Å². The van der Waals surface area contributed by atoms with E-state index in [0.29, 0.717) is 23.5 Å². The molecule has 3 rings (SSSR count). The van der Waals surface area contributed by atoms with E-state index >= 15 is 0 Å². The summed E-state index contributed by atoms with van der Waals surface area (Å²) in [5.74, 6) is -0.390. The summed E-state index contributed by atoms with van der Waals surface area (Å²) in [5, 5.41) is 6.43. The summed E-state index contributed by atoms with van der Waals surface area (Å²) < 4.78 is 0.991. The zero-order chi connectivity index (χ0) is 15.0. The standard InChI is InChI=1S/C15H17N3O2S/c1-8-4-5-9-11(7-8)21-13(12(9)16)15(20)18-10-3-2-6-17-14(10)19/h4-5,7,10H,2-3,6,16H2,1H3,(H,17,19)(H,18,20). The molecule has 1 fully saturated rings. The zero-order valence-electron chi connectivity index (χ0n) is 11.7. The Morgan fingerprint density at radius 3 is 3.05 bits per heavy atom. The minimum Gasteiger partial charge on any atom is -0.397 e. The van der Waals surface area contributed by atoms with Crippen molar-refractivity contribution in [3.63, 3.8) is 0 Å². The molecule has 0 aliphatic carbocycles. The van der Waals surface area contributed by atoms with Crippen LogP contribution in [0.1, 0.15) is 28.1 Å². The molecule has 1 aliphatic rings. The fraction of sp³-hybridized carbons (Fsp3) is 0.333. The number of thiophene rings is 1. The fourth-order valence-corrected chi connectivity index (χ4v) is 3.65. The Bertz CT molecular complexity index is 723. The number of aryl methyl sites for hydroxylation is 1. The van der Waals surface area contributed by atoms with Crippen molar-refractivity contribution in [3.05, 3.63) is 28.6 Å². The Kier molecular flexibility index (Phi) is 3.55. The van der Waals surface area contributed by atoms with Gasteiger partial charge in [0.25, 0.3) is 5.91 Å². The lowest BCUT2D eigenvalue weighted by atomic mass is 10.1. The van der Waals surface area contributed by atoms with Crippen molar-refractivity contribution in [2.24, 2.45) is 0 Å². The summed E-state index contributed by atoms with van der Waals surface area (Å²) in [6.07, 6.45) is 1.54. The smallest absolute Gasteiger partial charge is 0.264 e. The summed E-state index contributed by atoms with van der Waals surface area (Å²) >= 11 is 1.37. The van der Waals surface area contributed by atoms with E-state index in [4.69, 9.17) is 5.73 Å². The van der Waals surface area contributed by atoms with Crippen LogP contribution in [0.4, 0.5) is 5.69 Å². The Balaban J connectivity index is 1.87. The van der Waals surface area contributed by atoms with Gasteiger partial charge in [-0.05, 0) is 31.4 Å². The zero-order valence-corrected chi connectivity index (χ0v) is 12.5. The maximum atomic E-state index is 12.4. The van der Waals surface area contributed by atoms with Crippen molar-refractivity contribution in [1.82, 2.24) is 10.6 Å². The summed E-state index contributed by atoms with van der Waals surface area (Å²) in [4.78, 5) is 24.6. The lowest BCUT2D eigenvalue weighted by Gasteiger charge is -2.22. The third-order valence-corrected chi connectivity index (χ3v) is 4.85. The highest BCUT2D eigenvalue weighted by atomic mass is 32.1. The molecule has 1 saturated heterocycles. The largest absolute Gasteiger partial charge is 0.397 e. The highest BCUT2D eigenvalue weighted by Crippen LogP contribution is 2.34. The number of benzene rings is 1. The van der Waals surface area contributed by atoms with Gasteiger partial charge in [0.15, 0.2) is 0 Å². The van der Waals surface area contributed by atoms with Crippen LogP contribution in [0.5, 0.6) is 0 Å². The van der Waals surface area contributed by atoms with Gasteiger partial charge in [-0.25, -0.2) is 0 Å². The van der Waals surface area contributed by atoms with Gasteiger partial charge >= 0.3 is 0 Å². The number of hydrogen-bond donors (Lipinski definition) is 3. The van der Waals surface area contributed by atoms with Gasteiger partial charge in [-0.1, -0.05) is 12.1 Å². The first-order valence-corrected chi connectivity index (χ1v) is 7.75. The molecular formula is C15H17N3O2S. The Hall–Kier alpha value is -2.08. The summed E-state index contributed by atoms with van der Waals surface area (Å²) in [7, 11) is 0. The van der Waals surface area contributed by atoms with Crippen LogP contribution in [-0.4, -0.2) is 24.4 Å². The number of fused-ring (bicyclic) bond motifs is 1. The summed E-state index contributed by atoms with van der Waals surface area (Å²) in [5.41, 5.74) is 7.70. The van der Waals surface area contributed by atoms with Crippen LogP contribution in [-0.2, 0) is 4.79 Å². The van der Waals surface area contributed by atoms with E-state index in [9.17, 15) is 9.59 Å². The fourth-order valence-electron chi connectivity index (χ4n) is 2.53. The molecular weight excluding hydrogens is 286 g/mol. The molecule has 1 atom stereocenters. The monoisotopic (exact) mass is 303 g/mol. The number of rotatable bonds is 2. The molecule has 0 saturated carbocycles. The van der Waals surface area contributed by atoms with E-state index in [1.54, 1.807) is 0 Å². The first-order valence-electron chi connectivity index (χ1n) is 6.93. The van der Waals surface area contributed by atoms with E-state index in [1.165, 1.54) is 11.3 Å². The van der Waals surface area contributed by atoms with Crippen LogP contribution in [0.15, 0.2) is 18.2 Å². The second-order valence-electron chi connectivity index (χ2n) is 5.30. The molecule has 1 unspecified atom stereocenters. The molecule has 2 aromatic rings. The first kappa shape index (κ1) is 13.9. The van der Waals surface area contributed by atoms with Gasteiger partial charge in [0.1, 0.15) is 10.9 Å². The first-order chi connectivity index (χ1) is 10.1. The molecule has 6 heteroatoms. The van der Waals surface area contributed by atoms with E-state index in [1.807, 2.05) is 25.1 Å². The SMILES string of the molecule is Cc1ccc2c(N)c(C(=O)NC3CCCNC3=O)sc2c1. The van der Waals surface area contributed by atoms with E-state index in [0.717, 1.165) is 22.1 Å². The molecule has 2 heterocycles. The average Bonchev–Trinajstić information content (AvgIpc) is 2.78. The van der Waals surface area contributed by atoms with E-state index in [-0.39, 0.29) is 11.8 Å². The molecule has 0 spiro atoms. The quantitative estimate of drug-likeness (QED) is 0.791. The van der Waals surface area contributed by atoms with Crippen LogP contribution in [0.3, 0.4) is 0 Å². The number of nitrogens with two attached hydrogens (primary N) is 1. The van der Waals surface area contributed by atoms with Crippen molar-refractivity contribution in [3.8, 4) is 0 Å². The third kappa shape index (κ3) is 2.58. The number of carbonyl (C=O) groups is 2. The number of anilines is 1. The molecule has 4 N–H and O–H groups in total. The van der Waals surface area contributed by atoms with Crippen molar-refractivity contribution in [1.29, 1.82) is 0 Å². The predicted molar refractivity (Wildman–Crippen MR) is 84.5 cm³/mol. The highest BCUT2D eigenvalue weighted by molar-refractivity contribution is 7.21. The van der Waals surface area contributed by atoms with Crippen molar-refractivity contribution >= 4 is 38.9 Å². The number of piperidine rings is 1. The number of hydrogen-bond acceptors (Lipinski definition) is 4. The molecule has 2 amide bonds. The lowest BCUT2D eigenvalue weighted by Crippen LogP contribution is -2.50. The maximum Gasteiger partial charge on any atom is 0.264 e. The average molecular weight is 303 g/mol. The summed E-state index contributed by atoms with van der Waals surface area (Å²) in [6.45, 7) is 2.68. The van der Waals surface area contributed by atoms with Crippen LogP contribution >= 0.6 is 11.3 Å². The molecule has 1 aliphatic heterocycles. The lowest BCUT2D eigenvalue weighted by molar-refractivity contribution is -0.124. The number of amides is 2. The second-order valence-corrected chi connectivity index (χ2v) is 6.36. The van der Waals surface area contributed by atoms with Gasteiger partial charge < -0.3 is 16.4 Å². The molecule has 1 aromatic heterocycles. The van der Waals surface area contributed by atoms with E-state index in [2.05, 4.69) is 10.6 Å². The molecule has 1 aromatic carbocycles. The molecule has 21 heavy (non-hydrogen) atoms. The van der Waals surface area contributed by atoms with Crippen LogP contribution in [0.25, 0.3) is 10.1 Å². The van der Waals surface area contributed by atoms with Crippen LogP contribution in [0.2, 0.25) is 0 Å². The molecule has 0 radical (unpaired) electrons. The van der Waals surface area contributed by atoms with Crippen molar-refractivity contribution in [2.45, 2.75) is 25.8 Å². The molecule has 0 bridgehead atoms. The van der Waals surface area contributed by atoms with Gasteiger partial charge in [-0.15, -0.1) is 11.3 Å². The number of carbonyl (C=O) groups excluding carboxylic acids is 2. The Labute approximate surface area is 126 Å². The highest BCUT2D eigenvalue weighted by Gasteiger charge is 2.26. The van der Waals surface area contributed by atoms with Gasteiger partial charge in [0, 0.05) is 16.6 Å².